The summed E-state index contributed by atoms with van der Waals surface area (Å²) in [4.78, 5) is 14.0. The van der Waals surface area contributed by atoms with Gasteiger partial charge in [0.15, 0.2) is 5.82 Å². The third kappa shape index (κ3) is 5.20. The molecule has 3 aromatic heterocycles. The van der Waals surface area contributed by atoms with Crippen LogP contribution in [0.5, 0.6) is 0 Å². The highest BCUT2D eigenvalue weighted by Crippen LogP contribution is 2.24. The molecule has 3 heterocycles. The fourth-order valence-corrected chi connectivity index (χ4v) is 3.96. The topological polar surface area (TPSA) is 68.5 Å². The zero-order valence-electron chi connectivity index (χ0n) is 18.0. The van der Waals surface area contributed by atoms with Crippen molar-refractivity contribution in [3.05, 3.63) is 76.5 Å². The fraction of sp³-hybridized carbons (Fsp3) is 0.333. The van der Waals surface area contributed by atoms with E-state index in [9.17, 15) is 0 Å². The third-order valence-corrected chi connectivity index (χ3v) is 5.48. The van der Waals surface area contributed by atoms with E-state index in [1.165, 1.54) is 11.1 Å². The van der Waals surface area contributed by atoms with Crippen molar-refractivity contribution in [3.8, 4) is 0 Å². The molecule has 0 aliphatic heterocycles. The minimum absolute atomic E-state index is 0.753. The predicted octanol–water partition coefficient (Wildman–Crippen LogP) is 4.80. The summed E-state index contributed by atoms with van der Waals surface area (Å²) in [5.41, 5.74) is 5.31. The minimum atomic E-state index is 0.753. The monoisotopic (exact) mass is 434 g/mol. The average molecular weight is 435 g/mol. The minimum Gasteiger partial charge on any atom is -0.368 e. The lowest BCUT2D eigenvalue weighted by molar-refractivity contribution is 0.752. The van der Waals surface area contributed by atoms with Crippen LogP contribution in [-0.4, -0.2) is 31.3 Å². The van der Waals surface area contributed by atoms with Crippen LogP contribution in [0.2, 0.25) is 5.02 Å². The standard InChI is InChI=1S/C24H27ClN6/c1-3-6-20-22-23(31(2)30-20)24(27-14-12-17-7-4-9-19(25)15-17)29-21(28-22)11-10-18-8-5-13-26-16-18/h4-5,7-9,13,15-16H,3,6,10-12,14H2,1-2H3,(H,27,28,29). The highest BCUT2D eigenvalue weighted by molar-refractivity contribution is 6.30. The molecule has 0 spiro atoms. The van der Waals surface area contributed by atoms with Crippen LogP contribution in [0.25, 0.3) is 11.0 Å². The summed E-state index contributed by atoms with van der Waals surface area (Å²) in [6.07, 6.45) is 8.08. The second-order valence-electron chi connectivity index (χ2n) is 7.67. The Bertz CT molecular complexity index is 1160. The van der Waals surface area contributed by atoms with Crippen LogP contribution in [0, 0.1) is 0 Å². The van der Waals surface area contributed by atoms with E-state index in [2.05, 4.69) is 29.4 Å². The Hall–Kier alpha value is -2.99. The van der Waals surface area contributed by atoms with Gasteiger partial charge in [-0.25, -0.2) is 9.97 Å². The number of halogens is 1. The van der Waals surface area contributed by atoms with Crippen LogP contribution in [0.4, 0.5) is 5.82 Å². The molecule has 0 atom stereocenters. The van der Waals surface area contributed by atoms with Crippen molar-refractivity contribution in [2.45, 2.75) is 39.0 Å². The van der Waals surface area contributed by atoms with E-state index in [0.717, 1.165) is 72.0 Å². The van der Waals surface area contributed by atoms with E-state index in [1.54, 1.807) is 6.20 Å². The van der Waals surface area contributed by atoms with Crippen LogP contribution in [0.1, 0.15) is 36.0 Å². The van der Waals surface area contributed by atoms with Gasteiger partial charge in [0.25, 0.3) is 0 Å². The van der Waals surface area contributed by atoms with Crippen molar-refractivity contribution in [2.24, 2.45) is 7.05 Å². The quantitative estimate of drug-likeness (QED) is 0.409. The molecule has 6 nitrogen and oxygen atoms in total. The van der Waals surface area contributed by atoms with E-state index in [1.807, 2.05) is 42.2 Å². The first-order valence-corrected chi connectivity index (χ1v) is 11.1. The summed E-state index contributed by atoms with van der Waals surface area (Å²) in [6, 6.07) is 12.0. The van der Waals surface area contributed by atoms with Crippen molar-refractivity contribution in [1.29, 1.82) is 0 Å². The maximum absolute atomic E-state index is 6.12. The maximum Gasteiger partial charge on any atom is 0.156 e. The molecule has 0 fully saturated rings. The smallest absolute Gasteiger partial charge is 0.156 e. The SMILES string of the molecule is CCCc1nn(C)c2c(NCCc3cccc(Cl)c3)nc(CCc3cccnc3)nc12. The number of nitrogens with zero attached hydrogens (tertiary/aromatic N) is 5. The second-order valence-corrected chi connectivity index (χ2v) is 8.11. The number of fused-ring (bicyclic) bond motifs is 1. The molecule has 0 saturated heterocycles. The Morgan fingerprint density at radius 3 is 2.65 bits per heavy atom. The van der Waals surface area contributed by atoms with Gasteiger partial charge in [0, 0.05) is 37.4 Å². The highest BCUT2D eigenvalue weighted by Gasteiger charge is 2.17. The number of hydrogen-bond acceptors (Lipinski definition) is 5. The Morgan fingerprint density at radius 2 is 1.87 bits per heavy atom. The lowest BCUT2D eigenvalue weighted by atomic mass is 10.1. The number of aryl methyl sites for hydroxylation is 4. The molecule has 0 amide bonds. The first-order chi connectivity index (χ1) is 15.1. The van der Waals surface area contributed by atoms with Gasteiger partial charge in [0.2, 0.25) is 0 Å². The highest BCUT2D eigenvalue weighted by atomic mass is 35.5. The molecule has 1 aromatic carbocycles. The first-order valence-electron chi connectivity index (χ1n) is 10.7. The molecule has 7 heteroatoms. The van der Waals surface area contributed by atoms with Gasteiger partial charge >= 0.3 is 0 Å². The van der Waals surface area contributed by atoms with Gasteiger partial charge in [-0.2, -0.15) is 5.10 Å². The molecule has 4 rings (SSSR count). The molecule has 0 radical (unpaired) electrons. The van der Waals surface area contributed by atoms with Crippen molar-refractivity contribution < 1.29 is 0 Å². The van der Waals surface area contributed by atoms with Crippen molar-refractivity contribution in [2.75, 3.05) is 11.9 Å². The molecule has 0 saturated carbocycles. The number of anilines is 1. The number of rotatable bonds is 9. The van der Waals surface area contributed by atoms with E-state index in [0.29, 0.717) is 0 Å². The van der Waals surface area contributed by atoms with Gasteiger partial charge in [0.05, 0.1) is 5.69 Å². The second kappa shape index (κ2) is 9.88. The van der Waals surface area contributed by atoms with Gasteiger partial charge in [-0.1, -0.05) is 43.1 Å². The maximum atomic E-state index is 6.12. The molecular weight excluding hydrogens is 408 g/mol. The molecule has 0 aliphatic rings. The number of nitrogens with one attached hydrogen (secondary N) is 1. The Morgan fingerprint density at radius 1 is 1.00 bits per heavy atom. The van der Waals surface area contributed by atoms with Gasteiger partial charge in [-0.15, -0.1) is 0 Å². The van der Waals surface area contributed by atoms with Crippen LogP contribution in [-0.2, 0) is 32.7 Å². The average Bonchev–Trinajstić information content (AvgIpc) is 3.09. The van der Waals surface area contributed by atoms with Crippen LogP contribution in [0.15, 0.2) is 48.8 Å². The number of hydrogen-bond donors (Lipinski definition) is 1. The Kier molecular flexibility index (Phi) is 6.77. The van der Waals surface area contributed by atoms with E-state index >= 15 is 0 Å². The molecule has 31 heavy (non-hydrogen) atoms. The zero-order valence-corrected chi connectivity index (χ0v) is 18.7. The summed E-state index contributed by atoms with van der Waals surface area (Å²) < 4.78 is 1.90. The molecule has 1 N–H and O–H groups in total. The van der Waals surface area contributed by atoms with Gasteiger partial charge in [-0.05, 0) is 48.6 Å². The lowest BCUT2D eigenvalue weighted by Gasteiger charge is -2.10. The Labute approximate surface area is 187 Å². The molecule has 0 bridgehead atoms. The third-order valence-electron chi connectivity index (χ3n) is 5.24. The zero-order chi connectivity index (χ0) is 21.6. The number of pyridine rings is 1. The molecule has 160 valence electrons. The van der Waals surface area contributed by atoms with Crippen molar-refractivity contribution >= 4 is 28.5 Å². The summed E-state index contributed by atoms with van der Waals surface area (Å²) in [5.74, 6) is 1.66. The largest absolute Gasteiger partial charge is 0.368 e. The number of aromatic nitrogens is 5. The van der Waals surface area contributed by atoms with E-state index in [-0.39, 0.29) is 0 Å². The van der Waals surface area contributed by atoms with Crippen LogP contribution < -0.4 is 5.32 Å². The fourth-order valence-electron chi connectivity index (χ4n) is 3.75. The summed E-state index contributed by atoms with van der Waals surface area (Å²) in [6.45, 7) is 2.91. The van der Waals surface area contributed by atoms with Crippen molar-refractivity contribution in [1.82, 2.24) is 24.7 Å². The molecule has 0 unspecified atom stereocenters. The lowest BCUT2D eigenvalue weighted by Crippen LogP contribution is -2.10. The normalized spacial score (nSPS) is 11.2. The van der Waals surface area contributed by atoms with E-state index in [4.69, 9.17) is 26.7 Å². The van der Waals surface area contributed by atoms with Gasteiger partial charge < -0.3 is 5.32 Å². The van der Waals surface area contributed by atoms with E-state index < -0.39 is 0 Å². The van der Waals surface area contributed by atoms with Gasteiger partial charge in [-0.3, -0.25) is 9.67 Å². The van der Waals surface area contributed by atoms with Crippen molar-refractivity contribution in [3.63, 3.8) is 0 Å². The Balaban J connectivity index is 1.59. The summed E-state index contributed by atoms with van der Waals surface area (Å²) >= 11 is 6.12. The molecule has 4 aromatic rings. The number of benzene rings is 1. The summed E-state index contributed by atoms with van der Waals surface area (Å²) in [5, 5.41) is 9.01. The first kappa shape index (κ1) is 21.2. The summed E-state index contributed by atoms with van der Waals surface area (Å²) in [7, 11) is 1.96. The van der Waals surface area contributed by atoms with Gasteiger partial charge in [0.1, 0.15) is 16.9 Å². The molecule has 0 aliphatic carbocycles. The van der Waals surface area contributed by atoms with Crippen LogP contribution >= 0.6 is 11.6 Å². The molecular formula is C24H27ClN6. The predicted molar refractivity (Wildman–Crippen MR) is 126 cm³/mol. The van der Waals surface area contributed by atoms with Crippen LogP contribution in [0.3, 0.4) is 0 Å².